The van der Waals surface area contributed by atoms with Crippen molar-refractivity contribution in [3.63, 3.8) is 0 Å². The van der Waals surface area contributed by atoms with Gasteiger partial charge in [0.25, 0.3) is 5.91 Å². The number of benzene rings is 4. The van der Waals surface area contributed by atoms with E-state index in [9.17, 15) is 19.1 Å². The highest BCUT2D eigenvalue weighted by Gasteiger charge is 2.54. The van der Waals surface area contributed by atoms with Crippen molar-refractivity contribution >= 4 is 17.5 Å². The van der Waals surface area contributed by atoms with Gasteiger partial charge in [0.1, 0.15) is 17.4 Å². The molecule has 1 heterocycles. The Labute approximate surface area is 273 Å². The smallest absolute Gasteiger partial charge is 0.252 e. The standard InChI is InChI=1S/C34H30F2N8O4/c35-26-12-15-29(36)25(18-26)20-39-33(46)34(19-23-6-2-4-9-30(23)42-44-38)31(28-8-3-1-7-24(28)21-40-43-37)48-32(41-34)22-10-13-27(14-11-22)47-17-5-16-45/h1-4,6-15,18,31,45H,5,16-17,19-21H2,(H,39,46)/t31-,34-/m1/s1. The Balaban J connectivity index is 1.65. The Morgan fingerprint density at radius 3 is 2.48 bits per heavy atom. The zero-order chi connectivity index (χ0) is 33.9. The van der Waals surface area contributed by atoms with Crippen molar-refractivity contribution in [2.24, 2.45) is 15.2 Å². The maximum Gasteiger partial charge on any atom is 0.252 e. The van der Waals surface area contributed by atoms with Gasteiger partial charge in [-0.25, -0.2) is 13.8 Å². The Morgan fingerprint density at radius 2 is 1.73 bits per heavy atom. The number of azide groups is 2. The van der Waals surface area contributed by atoms with Gasteiger partial charge in [-0.15, -0.1) is 0 Å². The molecule has 14 heteroatoms. The first-order valence-corrected chi connectivity index (χ1v) is 14.9. The molecule has 0 saturated heterocycles. The Bertz CT molecular complexity index is 1910. The fraction of sp³-hybridized carbons (Fsp3) is 0.235. The van der Waals surface area contributed by atoms with Crippen LogP contribution in [-0.4, -0.2) is 35.7 Å². The molecule has 1 aliphatic rings. The van der Waals surface area contributed by atoms with Crippen LogP contribution in [0.25, 0.3) is 20.9 Å². The van der Waals surface area contributed by atoms with Gasteiger partial charge in [-0.1, -0.05) is 58.8 Å². The largest absolute Gasteiger partial charge is 0.494 e. The molecule has 2 atom stereocenters. The third-order valence-electron chi connectivity index (χ3n) is 7.72. The first kappa shape index (κ1) is 33.4. The summed E-state index contributed by atoms with van der Waals surface area (Å²) in [7, 11) is 0. The average molecular weight is 653 g/mol. The van der Waals surface area contributed by atoms with Crippen LogP contribution >= 0.6 is 0 Å². The lowest BCUT2D eigenvalue weighted by molar-refractivity contribution is -0.129. The number of amides is 1. The number of halogens is 2. The number of carbonyl (C=O) groups excluding carboxylic acids is 1. The molecule has 0 saturated carbocycles. The molecule has 4 aromatic rings. The molecule has 0 fully saturated rings. The van der Waals surface area contributed by atoms with Crippen LogP contribution in [0.15, 0.2) is 106 Å². The number of hydrogen-bond donors (Lipinski definition) is 2. The fourth-order valence-corrected chi connectivity index (χ4v) is 5.40. The number of rotatable bonds is 14. The Hall–Kier alpha value is -5.94. The minimum absolute atomic E-state index is 0.00984. The van der Waals surface area contributed by atoms with Crippen LogP contribution in [0.3, 0.4) is 0 Å². The SMILES string of the molecule is [N-]=[N+]=NCc1ccccc1[C@H]1OC(c2ccc(OCCCO)cc2)=N[C@@]1(Cc1ccccc1N=[N+]=[N-])C(=O)NCc1cc(F)ccc1F. The molecule has 1 amide bonds. The van der Waals surface area contributed by atoms with Crippen molar-refractivity contribution in [2.75, 3.05) is 13.2 Å². The van der Waals surface area contributed by atoms with Crippen molar-refractivity contribution in [1.29, 1.82) is 0 Å². The van der Waals surface area contributed by atoms with Crippen LogP contribution in [0, 0.1) is 11.6 Å². The van der Waals surface area contributed by atoms with Crippen LogP contribution in [0.5, 0.6) is 5.75 Å². The first-order chi connectivity index (χ1) is 23.4. The predicted molar refractivity (Wildman–Crippen MR) is 173 cm³/mol. The molecule has 0 unspecified atom stereocenters. The van der Waals surface area contributed by atoms with Gasteiger partial charge in [0.05, 0.1) is 13.2 Å². The molecular formula is C34H30F2N8O4. The zero-order valence-corrected chi connectivity index (χ0v) is 25.5. The zero-order valence-electron chi connectivity index (χ0n) is 25.5. The molecule has 0 spiro atoms. The lowest BCUT2D eigenvalue weighted by Gasteiger charge is -2.32. The number of aliphatic hydroxyl groups excluding tert-OH is 1. The van der Waals surface area contributed by atoms with E-state index in [2.05, 4.69) is 25.4 Å². The second kappa shape index (κ2) is 15.6. The molecule has 48 heavy (non-hydrogen) atoms. The van der Waals surface area contributed by atoms with Crippen molar-refractivity contribution in [2.45, 2.75) is 37.6 Å². The van der Waals surface area contributed by atoms with E-state index in [1.807, 2.05) is 0 Å². The molecule has 4 aromatic carbocycles. The molecular weight excluding hydrogens is 622 g/mol. The normalized spacial score (nSPS) is 16.6. The van der Waals surface area contributed by atoms with Crippen LogP contribution in [-0.2, 0) is 29.0 Å². The average Bonchev–Trinajstić information content (AvgIpc) is 3.49. The molecule has 0 aromatic heterocycles. The summed E-state index contributed by atoms with van der Waals surface area (Å²) < 4.78 is 40.8. The highest BCUT2D eigenvalue weighted by molar-refractivity contribution is 6.01. The van der Waals surface area contributed by atoms with E-state index in [-0.39, 0.29) is 43.3 Å². The topological polar surface area (TPSA) is 178 Å². The van der Waals surface area contributed by atoms with Gasteiger partial charge in [0.15, 0.2) is 11.6 Å². The van der Waals surface area contributed by atoms with Crippen molar-refractivity contribution in [3.05, 3.63) is 151 Å². The second-order valence-corrected chi connectivity index (χ2v) is 10.8. The van der Waals surface area contributed by atoms with Crippen LogP contribution < -0.4 is 10.1 Å². The van der Waals surface area contributed by atoms with Gasteiger partial charge >= 0.3 is 0 Å². The number of aliphatic hydroxyl groups is 1. The molecule has 2 N–H and O–H groups in total. The van der Waals surface area contributed by atoms with Gasteiger partial charge in [-0.2, -0.15) is 0 Å². The van der Waals surface area contributed by atoms with Gasteiger partial charge in [0, 0.05) is 52.6 Å². The molecule has 0 radical (unpaired) electrons. The molecule has 0 aliphatic carbocycles. The van der Waals surface area contributed by atoms with E-state index in [0.29, 0.717) is 41.0 Å². The molecule has 244 valence electrons. The summed E-state index contributed by atoms with van der Waals surface area (Å²) >= 11 is 0. The van der Waals surface area contributed by atoms with Crippen LogP contribution in [0.4, 0.5) is 14.5 Å². The lowest BCUT2D eigenvalue weighted by atomic mass is 9.80. The van der Waals surface area contributed by atoms with E-state index in [0.717, 1.165) is 18.2 Å². The summed E-state index contributed by atoms with van der Waals surface area (Å²) in [6, 6.07) is 23.4. The summed E-state index contributed by atoms with van der Waals surface area (Å²) in [4.78, 5) is 25.3. The summed E-state index contributed by atoms with van der Waals surface area (Å²) in [6.07, 6.45) is -0.788. The predicted octanol–water partition coefficient (Wildman–Crippen LogP) is 7.29. The minimum atomic E-state index is -1.79. The third kappa shape index (κ3) is 7.54. The van der Waals surface area contributed by atoms with Gasteiger partial charge < -0.3 is 19.9 Å². The van der Waals surface area contributed by atoms with Crippen molar-refractivity contribution in [3.8, 4) is 5.75 Å². The summed E-state index contributed by atoms with van der Waals surface area (Å²) in [6.45, 7) is -0.107. The van der Waals surface area contributed by atoms with E-state index >= 15 is 0 Å². The number of ether oxygens (including phenoxy) is 2. The van der Waals surface area contributed by atoms with Crippen molar-refractivity contribution in [1.82, 2.24) is 5.32 Å². The summed E-state index contributed by atoms with van der Waals surface area (Å²) in [5.74, 6) is -1.40. The third-order valence-corrected chi connectivity index (χ3v) is 7.72. The number of nitrogens with one attached hydrogen (secondary N) is 1. The van der Waals surface area contributed by atoms with Gasteiger partial charge in [-0.05, 0) is 70.2 Å². The number of aliphatic imine (C=N–C) groups is 1. The van der Waals surface area contributed by atoms with Crippen molar-refractivity contribution < 1.29 is 28.2 Å². The Kier molecular flexibility index (Phi) is 10.8. The van der Waals surface area contributed by atoms with Gasteiger partial charge in [-0.3, -0.25) is 4.79 Å². The number of nitrogens with zero attached hydrogens (tertiary/aromatic N) is 7. The maximum absolute atomic E-state index is 14.6. The van der Waals surface area contributed by atoms with Crippen LogP contribution in [0.1, 0.15) is 40.3 Å². The molecule has 1 aliphatic heterocycles. The summed E-state index contributed by atoms with van der Waals surface area (Å²) in [5, 5.41) is 19.3. The van der Waals surface area contributed by atoms with E-state index in [1.165, 1.54) is 0 Å². The minimum Gasteiger partial charge on any atom is -0.494 e. The maximum atomic E-state index is 14.6. The fourth-order valence-electron chi connectivity index (χ4n) is 5.40. The highest BCUT2D eigenvalue weighted by Crippen LogP contribution is 2.45. The lowest BCUT2D eigenvalue weighted by Crippen LogP contribution is -2.50. The number of hydrogen-bond acceptors (Lipinski definition) is 7. The van der Waals surface area contributed by atoms with E-state index < -0.39 is 29.2 Å². The summed E-state index contributed by atoms with van der Waals surface area (Å²) in [5.41, 5.74) is 18.8. The second-order valence-electron chi connectivity index (χ2n) is 10.8. The first-order valence-electron chi connectivity index (χ1n) is 14.9. The quantitative estimate of drug-likeness (QED) is 0.0629. The molecule has 5 rings (SSSR count). The molecule has 0 bridgehead atoms. The van der Waals surface area contributed by atoms with Gasteiger partial charge in [0.2, 0.25) is 5.90 Å². The van der Waals surface area contributed by atoms with E-state index in [4.69, 9.17) is 25.1 Å². The highest BCUT2D eigenvalue weighted by atomic mass is 19.1. The van der Waals surface area contributed by atoms with E-state index in [1.54, 1.807) is 72.8 Å². The Morgan fingerprint density at radius 1 is 0.979 bits per heavy atom. The molecule has 12 nitrogen and oxygen atoms in total. The number of carbonyl (C=O) groups is 1. The van der Waals surface area contributed by atoms with Crippen LogP contribution in [0.2, 0.25) is 0 Å². The monoisotopic (exact) mass is 652 g/mol.